The van der Waals surface area contributed by atoms with Crippen LogP contribution >= 0.6 is 0 Å². The fourth-order valence-electron chi connectivity index (χ4n) is 3.29. The van der Waals surface area contributed by atoms with Crippen LogP contribution in [-0.2, 0) is 0 Å². The zero-order chi connectivity index (χ0) is 8.77. The van der Waals surface area contributed by atoms with Crippen molar-refractivity contribution in [3.05, 3.63) is 0 Å². The summed E-state index contributed by atoms with van der Waals surface area (Å²) in [4.78, 5) is 0. The smallest absolute Gasteiger partial charge is 0.0326 e. The van der Waals surface area contributed by atoms with Crippen LogP contribution in [0.5, 0.6) is 0 Å². The van der Waals surface area contributed by atoms with Crippen molar-refractivity contribution in [2.75, 3.05) is 0 Å². The molecular formula is C12H22. The van der Waals surface area contributed by atoms with Crippen LogP contribution in [0.15, 0.2) is 0 Å². The van der Waals surface area contributed by atoms with E-state index in [1.165, 1.54) is 32.1 Å². The summed E-state index contributed by atoms with van der Waals surface area (Å²) in [7, 11) is 0. The molecule has 2 aliphatic carbocycles. The molecule has 0 aromatic rings. The SMILES string of the molecule is CC1CCC2CC1CCC2(C)C. The zero-order valence-electron chi connectivity index (χ0n) is 8.77. The molecule has 3 unspecified atom stereocenters. The monoisotopic (exact) mass is 166 g/mol. The molecule has 3 atom stereocenters. The number of fused-ring (bicyclic) bond motifs is 2. The van der Waals surface area contributed by atoms with E-state index in [4.69, 9.17) is 0 Å². The van der Waals surface area contributed by atoms with E-state index in [1.54, 1.807) is 0 Å². The maximum Gasteiger partial charge on any atom is -0.0326 e. The fraction of sp³-hybridized carbons (Fsp3) is 1.00. The van der Waals surface area contributed by atoms with Gasteiger partial charge in [0.2, 0.25) is 0 Å². The van der Waals surface area contributed by atoms with Gasteiger partial charge in [-0.15, -0.1) is 0 Å². The van der Waals surface area contributed by atoms with Crippen molar-refractivity contribution in [3.8, 4) is 0 Å². The first-order valence-electron chi connectivity index (χ1n) is 5.59. The maximum atomic E-state index is 2.48. The van der Waals surface area contributed by atoms with Crippen LogP contribution in [0.25, 0.3) is 0 Å². The first-order valence-corrected chi connectivity index (χ1v) is 5.59. The molecule has 0 heteroatoms. The highest BCUT2D eigenvalue weighted by Crippen LogP contribution is 2.51. The Morgan fingerprint density at radius 2 is 1.83 bits per heavy atom. The predicted molar refractivity (Wildman–Crippen MR) is 53.0 cm³/mol. The third-order valence-electron chi connectivity index (χ3n) is 4.63. The van der Waals surface area contributed by atoms with Gasteiger partial charge in [-0.2, -0.15) is 0 Å². The predicted octanol–water partition coefficient (Wildman–Crippen LogP) is 3.86. The number of hydrogen-bond acceptors (Lipinski definition) is 0. The maximum absolute atomic E-state index is 2.48. The summed E-state index contributed by atoms with van der Waals surface area (Å²) >= 11 is 0. The molecule has 12 heavy (non-hydrogen) atoms. The van der Waals surface area contributed by atoms with Crippen molar-refractivity contribution in [1.29, 1.82) is 0 Å². The molecule has 0 heterocycles. The second-order valence-electron chi connectivity index (χ2n) is 5.77. The lowest BCUT2D eigenvalue weighted by atomic mass is 9.58. The summed E-state index contributed by atoms with van der Waals surface area (Å²) in [5.41, 5.74) is 0.663. The highest BCUT2D eigenvalue weighted by Gasteiger charge is 2.40. The van der Waals surface area contributed by atoms with Crippen molar-refractivity contribution in [2.45, 2.75) is 52.9 Å². The minimum atomic E-state index is 0.663. The molecule has 2 aliphatic rings. The van der Waals surface area contributed by atoms with E-state index in [1.807, 2.05) is 0 Å². The Kier molecular flexibility index (Phi) is 1.97. The zero-order valence-corrected chi connectivity index (χ0v) is 8.77. The lowest BCUT2D eigenvalue weighted by Crippen LogP contribution is -2.37. The normalized spacial score (nSPS) is 45.8. The lowest BCUT2D eigenvalue weighted by molar-refractivity contribution is 0.0275. The molecule has 0 aliphatic heterocycles. The molecule has 2 bridgehead atoms. The number of rotatable bonds is 0. The first kappa shape index (κ1) is 8.59. The highest BCUT2D eigenvalue weighted by atomic mass is 14.5. The fourth-order valence-corrected chi connectivity index (χ4v) is 3.29. The van der Waals surface area contributed by atoms with Gasteiger partial charge in [0.05, 0.1) is 0 Å². The van der Waals surface area contributed by atoms with Gasteiger partial charge in [0.25, 0.3) is 0 Å². The van der Waals surface area contributed by atoms with Crippen molar-refractivity contribution >= 4 is 0 Å². The molecule has 0 spiro atoms. The van der Waals surface area contributed by atoms with Crippen LogP contribution in [0.4, 0.5) is 0 Å². The van der Waals surface area contributed by atoms with Crippen LogP contribution in [0.1, 0.15) is 52.9 Å². The molecule has 0 amide bonds. The van der Waals surface area contributed by atoms with Gasteiger partial charge in [-0.25, -0.2) is 0 Å². The first-order chi connectivity index (χ1) is 5.59. The number of hydrogen-bond donors (Lipinski definition) is 0. The second kappa shape index (κ2) is 2.75. The summed E-state index contributed by atoms with van der Waals surface area (Å²) in [6.45, 7) is 7.41. The molecule has 2 saturated carbocycles. The molecule has 0 radical (unpaired) electrons. The van der Waals surface area contributed by atoms with Crippen molar-refractivity contribution in [2.24, 2.45) is 23.2 Å². The minimum absolute atomic E-state index is 0.663. The third-order valence-corrected chi connectivity index (χ3v) is 4.63. The summed E-state index contributed by atoms with van der Waals surface area (Å²) < 4.78 is 0. The molecule has 2 rings (SSSR count). The topological polar surface area (TPSA) is 0 Å². The Morgan fingerprint density at radius 3 is 2.58 bits per heavy atom. The van der Waals surface area contributed by atoms with Gasteiger partial charge in [-0.3, -0.25) is 0 Å². The molecular weight excluding hydrogens is 144 g/mol. The Bertz CT molecular complexity index is 169. The van der Waals surface area contributed by atoms with E-state index in [0.717, 1.165) is 17.8 Å². The summed E-state index contributed by atoms with van der Waals surface area (Å²) in [5, 5.41) is 0. The molecule has 0 N–H and O–H groups in total. The van der Waals surface area contributed by atoms with Gasteiger partial charge < -0.3 is 0 Å². The van der Waals surface area contributed by atoms with E-state index in [0.29, 0.717) is 5.41 Å². The molecule has 0 nitrogen and oxygen atoms in total. The van der Waals surface area contributed by atoms with Gasteiger partial charge in [-0.05, 0) is 48.9 Å². The van der Waals surface area contributed by atoms with E-state index < -0.39 is 0 Å². The van der Waals surface area contributed by atoms with Gasteiger partial charge in [0.15, 0.2) is 0 Å². The van der Waals surface area contributed by atoms with E-state index >= 15 is 0 Å². The van der Waals surface area contributed by atoms with Gasteiger partial charge in [0.1, 0.15) is 0 Å². The molecule has 0 aromatic carbocycles. The average molecular weight is 166 g/mol. The van der Waals surface area contributed by atoms with Crippen LogP contribution in [0, 0.1) is 23.2 Å². The summed E-state index contributed by atoms with van der Waals surface area (Å²) in [5.74, 6) is 3.15. The van der Waals surface area contributed by atoms with Crippen molar-refractivity contribution in [3.63, 3.8) is 0 Å². The van der Waals surface area contributed by atoms with Crippen LogP contribution in [0.2, 0.25) is 0 Å². The Balaban J connectivity index is 2.09. The standard InChI is InChI=1S/C12H22/c1-9-4-5-11-8-10(9)6-7-12(11,2)3/h9-11H,4-8H2,1-3H3. The summed E-state index contributed by atoms with van der Waals surface area (Å²) in [6.07, 6.45) is 7.52. The van der Waals surface area contributed by atoms with Gasteiger partial charge in [-0.1, -0.05) is 27.2 Å². The van der Waals surface area contributed by atoms with E-state index in [-0.39, 0.29) is 0 Å². The van der Waals surface area contributed by atoms with Crippen molar-refractivity contribution < 1.29 is 0 Å². The van der Waals surface area contributed by atoms with Gasteiger partial charge >= 0.3 is 0 Å². The second-order valence-corrected chi connectivity index (χ2v) is 5.77. The Hall–Kier alpha value is 0. The van der Waals surface area contributed by atoms with Crippen LogP contribution < -0.4 is 0 Å². The van der Waals surface area contributed by atoms with E-state index in [9.17, 15) is 0 Å². The van der Waals surface area contributed by atoms with E-state index in [2.05, 4.69) is 20.8 Å². The van der Waals surface area contributed by atoms with Crippen LogP contribution in [0.3, 0.4) is 0 Å². The quantitative estimate of drug-likeness (QED) is 0.512. The minimum Gasteiger partial charge on any atom is -0.0622 e. The largest absolute Gasteiger partial charge is 0.0622 e. The summed E-state index contributed by atoms with van der Waals surface area (Å²) in [6, 6.07) is 0. The molecule has 2 fully saturated rings. The van der Waals surface area contributed by atoms with Gasteiger partial charge in [0, 0.05) is 0 Å². The molecule has 0 saturated heterocycles. The lowest BCUT2D eigenvalue weighted by Gasteiger charge is -2.48. The highest BCUT2D eigenvalue weighted by molar-refractivity contribution is 4.91. The average Bonchev–Trinajstić information content (AvgIpc) is 2.02. The Labute approximate surface area is 76.7 Å². The van der Waals surface area contributed by atoms with Crippen molar-refractivity contribution in [1.82, 2.24) is 0 Å². The molecule has 0 aromatic heterocycles. The molecule has 70 valence electrons. The van der Waals surface area contributed by atoms with Crippen LogP contribution in [-0.4, -0.2) is 0 Å². The third kappa shape index (κ3) is 1.30. The Morgan fingerprint density at radius 1 is 1.08 bits per heavy atom.